The van der Waals surface area contributed by atoms with Gasteiger partial charge in [-0.05, 0) is 30.5 Å². The van der Waals surface area contributed by atoms with Gasteiger partial charge in [-0.2, -0.15) is 5.10 Å². The van der Waals surface area contributed by atoms with Crippen LogP contribution in [0.5, 0.6) is 5.75 Å². The third-order valence-corrected chi connectivity index (χ3v) is 5.68. The van der Waals surface area contributed by atoms with E-state index in [1.807, 2.05) is 0 Å². The lowest BCUT2D eigenvalue weighted by Crippen LogP contribution is -2.53. The van der Waals surface area contributed by atoms with Gasteiger partial charge in [0.15, 0.2) is 0 Å². The molecular formula is C17H22N4O4S. The molecule has 2 heterocycles. The van der Waals surface area contributed by atoms with Gasteiger partial charge in [-0.25, -0.2) is 13.1 Å². The highest BCUT2D eigenvalue weighted by Crippen LogP contribution is 2.21. The molecule has 0 radical (unpaired) electrons. The van der Waals surface area contributed by atoms with Crippen LogP contribution >= 0.6 is 0 Å². The van der Waals surface area contributed by atoms with Crippen molar-refractivity contribution in [2.24, 2.45) is 7.05 Å². The molecule has 0 bridgehead atoms. The van der Waals surface area contributed by atoms with Gasteiger partial charge in [-0.3, -0.25) is 14.4 Å². The number of anilines is 1. The van der Waals surface area contributed by atoms with Crippen molar-refractivity contribution < 1.29 is 17.9 Å². The summed E-state index contributed by atoms with van der Waals surface area (Å²) in [6.07, 6.45) is 2.80. The van der Waals surface area contributed by atoms with Crippen molar-refractivity contribution in [3.8, 4) is 5.75 Å². The summed E-state index contributed by atoms with van der Waals surface area (Å²) >= 11 is 0. The minimum atomic E-state index is -3.67. The molecule has 3 rings (SSSR count). The number of nitrogens with one attached hydrogen (secondary N) is 1. The van der Waals surface area contributed by atoms with Gasteiger partial charge in [0.2, 0.25) is 15.9 Å². The zero-order valence-electron chi connectivity index (χ0n) is 14.8. The minimum Gasteiger partial charge on any atom is -0.497 e. The van der Waals surface area contributed by atoms with Crippen LogP contribution in [0, 0.1) is 0 Å². The average molecular weight is 378 g/mol. The van der Waals surface area contributed by atoms with Crippen molar-refractivity contribution >= 4 is 21.7 Å². The van der Waals surface area contributed by atoms with Crippen molar-refractivity contribution in [3.63, 3.8) is 0 Å². The van der Waals surface area contributed by atoms with Crippen molar-refractivity contribution in [2.45, 2.75) is 24.6 Å². The molecule has 2 aromatic rings. The van der Waals surface area contributed by atoms with E-state index < -0.39 is 16.1 Å². The maximum absolute atomic E-state index is 12.7. The van der Waals surface area contributed by atoms with Crippen LogP contribution in [0.15, 0.2) is 36.5 Å². The fourth-order valence-corrected chi connectivity index (χ4v) is 4.44. The highest BCUT2D eigenvalue weighted by molar-refractivity contribution is 7.88. The van der Waals surface area contributed by atoms with Gasteiger partial charge >= 0.3 is 0 Å². The summed E-state index contributed by atoms with van der Waals surface area (Å²) in [4.78, 5) is 14.3. The second-order valence-corrected chi connectivity index (χ2v) is 7.98. The Kier molecular flexibility index (Phi) is 5.28. The number of amides is 1. The SMILES string of the molecule is COc1cccc(CS(=O)(=O)N[C@@H]2CCCN(c3ccnn3C)C2=O)c1. The summed E-state index contributed by atoms with van der Waals surface area (Å²) in [6, 6.07) is 7.84. The number of benzene rings is 1. The molecule has 0 unspecified atom stereocenters. The molecule has 1 atom stereocenters. The highest BCUT2D eigenvalue weighted by atomic mass is 32.2. The minimum absolute atomic E-state index is 0.209. The Morgan fingerprint density at radius 2 is 2.15 bits per heavy atom. The Bertz CT molecular complexity index is 894. The molecule has 26 heavy (non-hydrogen) atoms. The number of aromatic nitrogens is 2. The van der Waals surface area contributed by atoms with Crippen LogP contribution in [0.1, 0.15) is 18.4 Å². The van der Waals surface area contributed by atoms with Crippen LogP contribution in [0.3, 0.4) is 0 Å². The third kappa shape index (κ3) is 4.05. The molecule has 0 spiro atoms. The Morgan fingerprint density at radius 3 is 2.85 bits per heavy atom. The number of carbonyl (C=O) groups is 1. The standard InChI is InChI=1S/C17H22N4O4S/c1-20-16(8-9-18-20)21-10-4-7-15(17(21)22)19-26(23,24)12-13-5-3-6-14(11-13)25-2/h3,5-6,8-9,11,15,19H,4,7,10,12H2,1-2H3/t15-/m1/s1. The first kappa shape index (κ1) is 18.4. The molecule has 1 fully saturated rings. The van der Waals surface area contributed by atoms with E-state index in [9.17, 15) is 13.2 Å². The Labute approximate surface area is 152 Å². The monoisotopic (exact) mass is 378 g/mol. The molecule has 1 aliphatic rings. The van der Waals surface area contributed by atoms with Gasteiger partial charge in [-0.15, -0.1) is 0 Å². The Hall–Kier alpha value is -2.39. The number of rotatable bonds is 6. The van der Waals surface area contributed by atoms with Crippen molar-refractivity contribution in [3.05, 3.63) is 42.1 Å². The Balaban J connectivity index is 1.72. The van der Waals surface area contributed by atoms with E-state index in [0.717, 1.165) is 0 Å². The molecule has 1 aromatic heterocycles. The van der Waals surface area contributed by atoms with E-state index in [0.29, 0.717) is 36.5 Å². The van der Waals surface area contributed by atoms with Crippen LogP contribution in [-0.4, -0.2) is 43.8 Å². The highest BCUT2D eigenvalue weighted by Gasteiger charge is 2.33. The number of carbonyl (C=O) groups excluding carboxylic acids is 1. The van der Waals surface area contributed by atoms with E-state index in [2.05, 4.69) is 9.82 Å². The second kappa shape index (κ2) is 7.46. The lowest BCUT2D eigenvalue weighted by atomic mass is 10.1. The molecule has 0 saturated carbocycles. The quantitative estimate of drug-likeness (QED) is 0.811. The normalized spacial score (nSPS) is 18.2. The fraction of sp³-hybridized carbons (Fsp3) is 0.412. The number of methoxy groups -OCH3 is 1. The topological polar surface area (TPSA) is 93.5 Å². The fourth-order valence-electron chi connectivity index (χ4n) is 3.08. The van der Waals surface area contributed by atoms with Gasteiger partial charge in [0.25, 0.3) is 0 Å². The molecule has 0 aliphatic carbocycles. The molecule has 9 heteroatoms. The summed E-state index contributed by atoms with van der Waals surface area (Å²) < 4.78 is 34.3. The van der Waals surface area contributed by atoms with Crippen LogP contribution in [0.25, 0.3) is 0 Å². The number of hydrogen-bond donors (Lipinski definition) is 1. The smallest absolute Gasteiger partial charge is 0.246 e. The van der Waals surface area contributed by atoms with Crippen molar-refractivity contribution in [2.75, 3.05) is 18.6 Å². The van der Waals surface area contributed by atoms with Crippen LogP contribution < -0.4 is 14.4 Å². The predicted molar refractivity (Wildman–Crippen MR) is 97.3 cm³/mol. The van der Waals surface area contributed by atoms with Gasteiger partial charge in [0.05, 0.1) is 19.1 Å². The molecular weight excluding hydrogens is 356 g/mol. The largest absolute Gasteiger partial charge is 0.497 e. The zero-order chi connectivity index (χ0) is 18.7. The number of hydrogen-bond acceptors (Lipinski definition) is 5. The number of sulfonamides is 1. The second-order valence-electron chi connectivity index (χ2n) is 6.23. The lowest BCUT2D eigenvalue weighted by Gasteiger charge is -2.32. The maximum atomic E-state index is 12.7. The molecule has 1 aromatic carbocycles. The van der Waals surface area contributed by atoms with Gasteiger partial charge in [-0.1, -0.05) is 12.1 Å². The number of nitrogens with zero attached hydrogens (tertiary/aromatic N) is 3. The first-order valence-corrected chi connectivity index (χ1v) is 9.97. The summed E-state index contributed by atoms with van der Waals surface area (Å²) in [5.41, 5.74) is 0.601. The van der Waals surface area contributed by atoms with Crippen molar-refractivity contribution in [1.29, 1.82) is 0 Å². The number of ether oxygens (including phenoxy) is 1. The van der Waals surface area contributed by atoms with E-state index in [4.69, 9.17) is 4.74 Å². The van der Waals surface area contributed by atoms with Gasteiger partial charge < -0.3 is 4.74 Å². The van der Waals surface area contributed by atoms with Crippen LogP contribution in [0.4, 0.5) is 5.82 Å². The van der Waals surface area contributed by atoms with Crippen LogP contribution in [0.2, 0.25) is 0 Å². The molecule has 1 N–H and O–H groups in total. The molecule has 1 aliphatic heterocycles. The maximum Gasteiger partial charge on any atom is 0.246 e. The lowest BCUT2D eigenvalue weighted by molar-refractivity contribution is -0.121. The molecule has 8 nitrogen and oxygen atoms in total. The summed E-state index contributed by atoms with van der Waals surface area (Å²) in [5.74, 6) is 0.786. The van der Waals surface area contributed by atoms with Gasteiger partial charge in [0, 0.05) is 19.7 Å². The molecule has 140 valence electrons. The summed E-state index contributed by atoms with van der Waals surface area (Å²) in [6.45, 7) is 0.548. The predicted octanol–water partition coefficient (Wildman–Crippen LogP) is 1.04. The van der Waals surface area contributed by atoms with Gasteiger partial charge in [0.1, 0.15) is 17.6 Å². The average Bonchev–Trinajstić information content (AvgIpc) is 3.02. The molecule has 1 amide bonds. The number of aryl methyl sites for hydroxylation is 1. The van der Waals surface area contributed by atoms with E-state index >= 15 is 0 Å². The van der Waals surface area contributed by atoms with Crippen molar-refractivity contribution in [1.82, 2.24) is 14.5 Å². The zero-order valence-corrected chi connectivity index (χ0v) is 15.6. The number of piperidine rings is 1. The summed E-state index contributed by atoms with van der Waals surface area (Å²) in [7, 11) is -0.393. The van der Waals surface area contributed by atoms with E-state index in [-0.39, 0.29) is 11.7 Å². The first-order valence-electron chi connectivity index (χ1n) is 8.32. The Morgan fingerprint density at radius 1 is 1.35 bits per heavy atom. The van der Waals surface area contributed by atoms with Crippen LogP contribution in [-0.2, 0) is 27.6 Å². The van der Waals surface area contributed by atoms with E-state index in [1.54, 1.807) is 53.2 Å². The summed E-state index contributed by atoms with van der Waals surface area (Å²) in [5, 5.41) is 4.07. The molecule has 1 saturated heterocycles. The first-order chi connectivity index (χ1) is 12.4. The third-order valence-electron chi connectivity index (χ3n) is 4.32. The van der Waals surface area contributed by atoms with E-state index in [1.165, 1.54) is 7.11 Å².